The fourth-order valence-electron chi connectivity index (χ4n) is 6.10. The average molecular weight is 1030 g/mol. The third-order valence-corrected chi connectivity index (χ3v) is 8.56. The summed E-state index contributed by atoms with van der Waals surface area (Å²) in [6.45, 7) is 12.8. The molecule has 372 valence electrons. The Bertz CT molecular complexity index is 1460. The van der Waals surface area contributed by atoms with Gasteiger partial charge in [0.25, 0.3) is 0 Å². The van der Waals surface area contributed by atoms with E-state index in [4.69, 9.17) is 0 Å². The quantitative estimate of drug-likeness (QED) is 0.0688. The molecule has 0 aliphatic heterocycles. The van der Waals surface area contributed by atoms with Gasteiger partial charge in [0.1, 0.15) is 0 Å². The molecule has 0 radical (unpaired) electrons. The van der Waals surface area contributed by atoms with Crippen LogP contribution in [0.1, 0.15) is 74.9 Å². The second-order valence-electron chi connectivity index (χ2n) is 16.8. The lowest BCUT2D eigenvalue weighted by Crippen LogP contribution is -3.00. The molecular weight excluding hydrogens is 945 g/mol. The molecule has 18 N–H and O–H groups in total. The smallest absolute Gasteiger partial charge is 0.0855 e. The maximum absolute atomic E-state index is 3.93. The van der Waals surface area contributed by atoms with Gasteiger partial charge in [-0.25, -0.2) is 0 Å². The molecule has 0 amide bonds. The molecule has 0 saturated carbocycles. The molecule has 0 fully saturated rings. The minimum absolute atomic E-state index is 0. The van der Waals surface area contributed by atoms with Crippen LogP contribution >= 0.6 is 0 Å². The summed E-state index contributed by atoms with van der Waals surface area (Å²) in [6.07, 6.45) is 6.50. The van der Waals surface area contributed by atoms with Crippen LogP contribution in [-0.4, -0.2) is 36.3 Å². The molecule has 0 aliphatic carbocycles. The van der Waals surface area contributed by atoms with Gasteiger partial charge in [0, 0.05) is 38.5 Å². The molecule has 6 atom stereocenters. The summed E-state index contributed by atoms with van der Waals surface area (Å²) in [5, 5.41) is 0. The fraction of sp³-hybridized carbons (Fsp3) is 0.333. The number of quaternary nitrogens is 6. The molecule has 0 unspecified atom stereocenters. The van der Waals surface area contributed by atoms with Gasteiger partial charge in [0.2, 0.25) is 0 Å². The summed E-state index contributed by atoms with van der Waals surface area (Å²) >= 11 is 0. The van der Waals surface area contributed by atoms with E-state index in [1.807, 2.05) is 36.4 Å². The van der Waals surface area contributed by atoms with E-state index in [9.17, 15) is 0 Å². The summed E-state index contributed by atoms with van der Waals surface area (Å²) in [4.78, 5) is 0. The van der Waals surface area contributed by atoms with Crippen molar-refractivity contribution in [3.63, 3.8) is 0 Å². The van der Waals surface area contributed by atoms with Gasteiger partial charge < -0.3 is 109 Å². The Balaban J connectivity index is -0.000000161. The lowest BCUT2D eigenvalue weighted by atomic mass is 10.1. The molecule has 0 heterocycles. The molecule has 6 aromatic carbocycles. The van der Waals surface area contributed by atoms with Crippen molar-refractivity contribution >= 4 is 0 Å². The van der Waals surface area contributed by atoms with Crippen molar-refractivity contribution in [1.29, 1.82) is 0 Å². The molecule has 6 rings (SSSR count). The molecule has 12 heteroatoms. The molecular formula is C54H84Cl6N6. The third-order valence-electron chi connectivity index (χ3n) is 8.56. The Kier molecular flexibility index (Phi) is 54.4. The van der Waals surface area contributed by atoms with Gasteiger partial charge >= 0.3 is 0 Å². The van der Waals surface area contributed by atoms with Crippen LogP contribution in [0.2, 0.25) is 0 Å². The lowest BCUT2D eigenvalue weighted by molar-refractivity contribution is -0.413. The summed E-state index contributed by atoms with van der Waals surface area (Å²) < 4.78 is 0. The van der Waals surface area contributed by atoms with E-state index < -0.39 is 0 Å². The summed E-state index contributed by atoms with van der Waals surface area (Å²) in [5.74, 6) is 0. The van der Waals surface area contributed by atoms with Crippen molar-refractivity contribution in [2.45, 2.75) is 116 Å². The highest BCUT2D eigenvalue weighted by Crippen LogP contribution is 2.03. The molecule has 0 bridgehead atoms. The first-order valence-electron chi connectivity index (χ1n) is 21.9. The van der Waals surface area contributed by atoms with Gasteiger partial charge in [-0.1, -0.05) is 182 Å². The third kappa shape index (κ3) is 46.0. The number of halogens is 6. The first kappa shape index (κ1) is 74.4. The monoisotopic (exact) mass is 1030 g/mol. The number of hydrogen-bond donors (Lipinski definition) is 6. The molecule has 0 aromatic heterocycles. The zero-order chi connectivity index (χ0) is 44.4. The number of benzene rings is 6. The van der Waals surface area contributed by atoms with Crippen molar-refractivity contribution in [3.05, 3.63) is 215 Å². The Morgan fingerprint density at radius 2 is 0.303 bits per heavy atom. The molecule has 0 saturated heterocycles. The minimum Gasteiger partial charge on any atom is -1.00 e. The normalized spacial score (nSPS) is 11.8. The maximum Gasteiger partial charge on any atom is 0.0855 e. The molecule has 0 aliphatic rings. The van der Waals surface area contributed by atoms with Gasteiger partial charge in [0.05, 0.1) is 36.3 Å². The number of rotatable bonds is 12. The Labute approximate surface area is 437 Å². The van der Waals surface area contributed by atoms with Gasteiger partial charge in [-0.2, -0.15) is 0 Å². The maximum atomic E-state index is 3.93. The second kappa shape index (κ2) is 48.3. The fourth-order valence-corrected chi connectivity index (χ4v) is 6.10. The Hall–Kier alpha value is -3.18. The predicted molar refractivity (Wildman–Crippen MR) is 255 cm³/mol. The van der Waals surface area contributed by atoms with E-state index >= 15 is 0 Å². The van der Waals surface area contributed by atoms with Crippen LogP contribution in [0.5, 0.6) is 0 Å². The first-order chi connectivity index (χ1) is 28.7. The highest BCUT2D eigenvalue weighted by molar-refractivity contribution is 5.18. The molecule has 6 aromatic rings. The standard InChI is InChI=1S/6C9H13N.6ClH/c6*1-8(10)7-9-5-3-2-4-6-9;;;;;;/h6*2-6,8H,7,10H2,1H3;6*1H/t6*8-;;;;;;/m000000....../s1. The van der Waals surface area contributed by atoms with Gasteiger partial charge in [-0.3, -0.25) is 0 Å². The van der Waals surface area contributed by atoms with E-state index in [-0.39, 0.29) is 74.4 Å². The van der Waals surface area contributed by atoms with E-state index in [1.165, 1.54) is 33.4 Å². The highest BCUT2D eigenvalue weighted by atomic mass is 35.5. The Morgan fingerprint density at radius 1 is 0.212 bits per heavy atom. The van der Waals surface area contributed by atoms with E-state index in [2.05, 4.69) is 222 Å². The topological polar surface area (TPSA) is 166 Å². The van der Waals surface area contributed by atoms with Crippen LogP contribution in [-0.2, 0) is 38.5 Å². The van der Waals surface area contributed by atoms with Crippen LogP contribution in [0.3, 0.4) is 0 Å². The molecule has 66 heavy (non-hydrogen) atoms. The molecule has 6 nitrogen and oxygen atoms in total. The van der Waals surface area contributed by atoms with Crippen LogP contribution < -0.4 is 109 Å². The van der Waals surface area contributed by atoms with Crippen molar-refractivity contribution in [2.24, 2.45) is 0 Å². The lowest BCUT2D eigenvalue weighted by Gasteiger charge is -2.00. The van der Waals surface area contributed by atoms with E-state index in [0.29, 0.717) is 36.3 Å². The van der Waals surface area contributed by atoms with Gasteiger partial charge in [-0.15, -0.1) is 0 Å². The predicted octanol–water partition coefficient (Wildman–Crippen LogP) is -12.8. The van der Waals surface area contributed by atoms with E-state index in [1.54, 1.807) is 0 Å². The largest absolute Gasteiger partial charge is 1.00 e. The highest BCUT2D eigenvalue weighted by Gasteiger charge is 2.01. The van der Waals surface area contributed by atoms with Crippen LogP contribution in [0.25, 0.3) is 0 Å². The average Bonchev–Trinajstić information content (AvgIpc) is 3.20. The van der Waals surface area contributed by atoms with Gasteiger partial charge in [0.15, 0.2) is 0 Å². The van der Waals surface area contributed by atoms with Crippen LogP contribution in [0, 0.1) is 0 Å². The first-order valence-corrected chi connectivity index (χ1v) is 21.9. The number of hydrogen-bond acceptors (Lipinski definition) is 0. The van der Waals surface area contributed by atoms with Crippen molar-refractivity contribution in [3.8, 4) is 0 Å². The van der Waals surface area contributed by atoms with Crippen molar-refractivity contribution in [1.82, 2.24) is 0 Å². The van der Waals surface area contributed by atoms with Gasteiger partial charge in [-0.05, 0) is 74.9 Å². The SMILES string of the molecule is C[C@H]([NH3+])Cc1ccccc1.C[C@H]([NH3+])Cc1ccccc1.C[C@H]([NH3+])Cc1ccccc1.C[C@H]([NH3+])Cc1ccccc1.C[C@H]([NH3+])Cc1ccccc1.C[C@H]([NH3+])Cc1ccccc1.[Cl-].[Cl-].[Cl-].[Cl-].[Cl-].[Cl-]. The zero-order valence-corrected chi connectivity index (χ0v) is 45.1. The second-order valence-corrected chi connectivity index (χ2v) is 16.8. The summed E-state index contributed by atoms with van der Waals surface area (Å²) in [6, 6.07) is 65.8. The van der Waals surface area contributed by atoms with Crippen molar-refractivity contribution in [2.75, 3.05) is 0 Å². The van der Waals surface area contributed by atoms with Crippen LogP contribution in [0.4, 0.5) is 0 Å². The van der Waals surface area contributed by atoms with Crippen LogP contribution in [0.15, 0.2) is 182 Å². The van der Waals surface area contributed by atoms with E-state index in [0.717, 1.165) is 38.5 Å². The Morgan fingerprint density at radius 3 is 0.379 bits per heavy atom. The zero-order valence-electron chi connectivity index (χ0n) is 40.5. The molecule has 0 spiro atoms. The minimum atomic E-state index is 0. The summed E-state index contributed by atoms with van der Waals surface area (Å²) in [5.41, 5.74) is 31.9. The van der Waals surface area contributed by atoms with Crippen molar-refractivity contribution < 1.29 is 109 Å². The summed E-state index contributed by atoms with van der Waals surface area (Å²) in [7, 11) is 0.